The van der Waals surface area contributed by atoms with Crippen molar-refractivity contribution in [1.82, 2.24) is 5.32 Å². The zero-order valence-electron chi connectivity index (χ0n) is 10.4. The summed E-state index contributed by atoms with van der Waals surface area (Å²) in [6.07, 6.45) is 5.17. The fraction of sp³-hybridized carbons (Fsp3) is 0.571. The van der Waals surface area contributed by atoms with Gasteiger partial charge in [-0.25, -0.2) is 0 Å². The lowest BCUT2D eigenvalue weighted by Gasteiger charge is -2.38. The van der Waals surface area contributed by atoms with Gasteiger partial charge in [-0.15, -0.1) is 0 Å². The Morgan fingerprint density at radius 2 is 2.06 bits per heavy atom. The molecule has 1 unspecified atom stereocenters. The monoisotopic (exact) mass is 251 g/mol. The van der Waals surface area contributed by atoms with Gasteiger partial charge in [-0.3, -0.25) is 0 Å². The van der Waals surface area contributed by atoms with Crippen molar-refractivity contribution in [1.29, 1.82) is 0 Å². The second-order valence-electron chi connectivity index (χ2n) is 4.88. The summed E-state index contributed by atoms with van der Waals surface area (Å²) in [7, 11) is 0. The van der Waals surface area contributed by atoms with Gasteiger partial charge in [0.2, 0.25) is 0 Å². The van der Waals surface area contributed by atoms with Crippen LogP contribution in [0.2, 0.25) is 0 Å². The molecule has 0 heterocycles. The molecule has 17 heavy (non-hydrogen) atoms. The molecular formula is C14H21NOS. The van der Waals surface area contributed by atoms with Gasteiger partial charge in [0, 0.05) is 18.3 Å². The molecule has 1 aliphatic rings. The molecule has 2 nitrogen and oxygen atoms in total. The summed E-state index contributed by atoms with van der Waals surface area (Å²) in [6, 6.07) is 10.8. The molecule has 0 radical (unpaired) electrons. The molecule has 94 valence electrons. The first-order chi connectivity index (χ1) is 8.23. The van der Waals surface area contributed by atoms with E-state index in [1.165, 1.54) is 5.56 Å². The van der Waals surface area contributed by atoms with Crippen LogP contribution in [0.3, 0.4) is 0 Å². The summed E-state index contributed by atoms with van der Waals surface area (Å²) >= 11 is 1.84. The van der Waals surface area contributed by atoms with Crippen LogP contribution in [0.4, 0.5) is 0 Å². The summed E-state index contributed by atoms with van der Waals surface area (Å²) in [5.74, 6) is 1.04. The first-order valence-electron chi connectivity index (χ1n) is 6.23. The Morgan fingerprint density at radius 3 is 2.59 bits per heavy atom. The third-order valence-electron chi connectivity index (χ3n) is 3.50. The van der Waals surface area contributed by atoms with Crippen LogP contribution in [-0.2, 0) is 0 Å². The Balaban J connectivity index is 1.93. The molecule has 1 saturated carbocycles. The number of hydrogen-bond donors (Lipinski definition) is 2. The van der Waals surface area contributed by atoms with Crippen molar-refractivity contribution in [3.05, 3.63) is 35.9 Å². The SMILES string of the molecule is CSCC(NCC1(O)CCC1)c1ccccc1. The fourth-order valence-electron chi connectivity index (χ4n) is 2.20. The Kier molecular flexibility index (Phi) is 4.48. The Morgan fingerprint density at radius 1 is 1.35 bits per heavy atom. The molecule has 0 spiro atoms. The lowest BCUT2D eigenvalue weighted by atomic mass is 9.80. The average Bonchev–Trinajstić information content (AvgIpc) is 2.33. The number of nitrogens with one attached hydrogen (secondary N) is 1. The minimum atomic E-state index is -0.439. The van der Waals surface area contributed by atoms with E-state index in [1.54, 1.807) is 0 Å². The van der Waals surface area contributed by atoms with Gasteiger partial charge in [0.15, 0.2) is 0 Å². The standard InChI is InChI=1S/C14H21NOS/c1-17-10-13(12-6-3-2-4-7-12)15-11-14(16)8-5-9-14/h2-4,6-7,13,15-16H,5,8-11H2,1H3. The first-order valence-corrected chi connectivity index (χ1v) is 7.62. The maximum atomic E-state index is 10.1. The van der Waals surface area contributed by atoms with Gasteiger partial charge in [0.1, 0.15) is 0 Å². The van der Waals surface area contributed by atoms with Crippen molar-refractivity contribution in [2.24, 2.45) is 0 Å². The second kappa shape index (κ2) is 5.89. The van der Waals surface area contributed by atoms with Crippen molar-refractivity contribution in [3.63, 3.8) is 0 Å². The highest BCUT2D eigenvalue weighted by molar-refractivity contribution is 7.98. The van der Waals surface area contributed by atoms with Gasteiger partial charge >= 0.3 is 0 Å². The van der Waals surface area contributed by atoms with Crippen molar-refractivity contribution in [2.75, 3.05) is 18.6 Å². The van der Waals surface area contributed by atoms with E-state index < -0.39 is 5.60 Å². The number of benzene rings is 1. The van der Waals surface area contributed by atoms with Gasteiger partial charge in [-0.2, -0.15) is 11.8 Å². The van der Waals surface area contributed by atoms with Gasteiger partial charge in [0.25, 0.3) is 0 Å². The normalized spacial score (nSPS) is 19.6. The Labute approximate surface area is 108 Å². The summed E-state index contributed by atoms with van der Waals surface area (Å²) in [6.45, 7) is 0.715. The van der Waals surface area contributed by atoms with E-state index in [9.17, 15) is 5.11 Å². The molecule has 0 amide bonds. The van der Waals surface area contributed by atoms with Crippen LogP contribution >= 0.6 is 11.8 Å². The van der Waals surface area contributed by atoms with Gasteiger partial charge in [0.05, 0.1) is 5.60 Å². The van der Waals surface area contributed by atoms with E-state index in [0.29, 0.717) is 12.6 Å². The van der Waals surface area contributed by atoms with Gasteiger partial charge < -0.3 is 10.4 Å². The van der Waals surface area contributed by atoms with Gasteiger partial charge in [-0.1, -0.05) is 30.3 Å². The van der Waals surface area contributed by atoms with Gasteiger partial charge in [-0.05, 0) is 31.1 Å². The van der Waals surface area contributed by atoms with E-state index in [2.05, 4.69) is 35.8 Å². The third kappa shape index (κ3) is 3.47. The Hall–Kier alpha value is -0.510. The summed E-state index contributed by atoms with van der Waals surface area (Å²) < 4.78 is 0. The number of aliphatic hydroxyl groups is 1. The van der Waals surface area contributed by atoms with E-state index >= 15 is 0 Å². The fourth-order valence-corrected chi connectivity index (χ4v) is 2.84. The molecule has 1 aromatic rings. The highest BCUT2D eigenvalue weighted by atomic mass is 32.2. The highest BCUT2D eigenvalue weighted by Crippen LogP contribution is 2.31. The smallest absolute Gasteiger partial charge is 0.0771 e. The van der Waals surface area contributed by atoms with E-state index in [0.717, 1.165) is 25.0 Å². The topological polar surface area (TPSA) is 32.3 Å². The predicted molar refractivity (Wildman–Crippen MR) is 74.4 cm³/mol. The van der Waals surface area contributed by atoms with Crippen LogP contribution in [0.15, 0.2) is 30.3 Å². The third-order valence-corrected chi connectivity index (χ3v) is 4.16. The summed E-state index contributed by atoms with van der Waals surface area (Å²) in [5.41, 5.74) is 0.871. The molecule has 0 aromatic heterocycles. The van der Waals surface area contributed by atoms with Crippen molar-refractivity contribution in [2.45, 2.75) is 30.9 Å². The van der Waals surface area contributed by atoms with E-state index in [4.69, 9.17) is 0 Å². The second-order valence-corrected chi connectivity index (χ2v) is 5.79. The maximum Gasteiger partial charge on any atom is 0.0771 e. The van der Waals surface area contributed by atoms with Crippen molar-refractivity contribution < 1.29 is 5.11 Å². The molecule has 0 bridgehead atoms. The minimum absolute atomic E-state index is 0.343. The number of rotatable bonds is 6. The minimum Gasteiger partial charge on any atom is -0.389 e. The lowest BCUT2D eigenvalue weighted by Crippen LogP contribution is -2.47. The highest BCUT2D eigenvalue weighted by Gasteiger charge is 2.34. The number of thioether (sulfide) groups is 1. The predicted octanol–water partition coefficient (Wildman–Crippen LogP) is 2.60. The molecule has 1 atom stereocenters. The van der Waals surface area contributed by atoms with Crippen molar-refractivity contribution in [3.8, 4) is 0 Å². The quantitative estimate of drug-likeness (QED) is 0.815. The lowest BCUT2D eigenvalue weighted by molar-refractivity contribution is -0.0328. The number of hydrogen-bond acceptors (Lipinski definition) is 3. The van der Waals surface area contributed by atoms with Crippen LogP contribution < -0.4 is 5.32 Å². The van der Waals surface area contributed by atoms with Crippen LogP contribution in [-0.4, -0.2) is 29.3 Å². The van der Waals surface area contributed by atoms with Crippen LogP contribution in [0.25, 0.3) is 0 Å². The van der Waals surface area contributed by atoms with Crippen molar-refractivity contribution >= 4 is 11.8 Å². The molecule has 3 heteroatoms. The average molecular weight is 251 g/mol. The molecule has 1 aromatic carbocycles. The molecule has 2 N–H and O–H groups in total. The zero-order valence-corrected chi connectivity index (χ0v) is 11.2. The van der Waals surface area contributed by atoms with Crippen LogP contribution in [0, 0.1) is 0 Å². The molecule has 2 rings (SSSR count). The molecule has 0 aliphatic heterocycles. The maximum absolute atomic E-state index is 10.1. The first kappa shape index (κ1) is 12.9. The van der Waals surface area contributed by atoms with Crippen LogP contribution in [0.1, 0.15) is 30.9 Å². The van der Waals surface area contributed by atoms with E-state index in [1.807, 2.05) is 17.8 Å². The molecule has 0 saturated heterocycles. The molecule has 1 aliphatic carbocycles. The molecule has 1 fully saturated rings. The zero-order chi connectivity index (χ0) is 12.1. The summed E-state index contributed by atoms with van der Waals surface area (Å²) in [4.78, 5) is 0. The summed E-state index contributed by atoms with van der Waals surface area (Å²) in [5, 5.41) is 13.6. The Bertz CT molecular complexity index is 337. The van der Waals surface area contributed by atoms with Crippen LogP contribution in [0.5, 0.6) is 0 Å². The molecular weight excluding hydrogens is 230 g/mol. The largest absolute Gasteiger partial charge is 0.389 e. The van der Waals surface area contributed by atoms with E-state index in [-0.39, 0.29) is 0 Å².